The second-order valence-corrected chi connectivity index (χ2v) is 4.55. The van der Waals surface area contributed by atoms with Gasteiger partial charge in [-0.25, -0.2) is 4.39 Å². The molecule has 0 spiro atoms. The van der Waals surface area contributed by atoms with E-state index in [0.29, 0.717) is 5.92 Å². The molecule has 2 nitrogen and oxygen atoms in total. The number of nitrogens with zero attached hydrogens (tertiary/aromatic N) is 1. The molecular formula is C14H18FNO. The molecule has 0 aromatic heterocycles. The molecule has 1 fully saturated rings. The minimum absolute atomic E-state index is 0.200. The normalized spacial score (nSPS) is 21.4. The van der Waals surface area contributed by atoms with Crippen LogP contribution in [-0.4, -0.2) is 36.2 Å². The van der Waals surface area contributed by atoms with Gasteiger partial charge in [-0.1, -0.05) is 24.3 Å². The molecular weight excluding hydrogens is 217 g/mol. The van der Waals surface area contributed by atoms with Crippen molar-refractivity contribution in [2.45, 2.75) is 6.42 Å². The number of hydrogen-bond donors (Lipinski definition) is 1. The van der Waals surface area contributed by atoms with E-state index in [0.717, 1.165) is 31.6 Å². The summed E-state index contributed by atoms with van der Waals surface area (Å²) in [6.45, 7) is 3.15. The second kappa shape index (κ2) is 5.94. The van der Waals surface area contributed by atoms with E-state index in [2.05, 4.69) is 11.0 Å². The number of rotatable bonds is 4. The fraction of sp³-hybridized carbons (Fsp3) is 0.429. The first-order chi connectivity index (χ1) is 8.28. The molecule has 1 saturated heterocycles. The van der Waals surface area contributed by atoms with E-state index in [1.165, 1.54) is 12.1 Å². The van der Waals surface area contributed by atoms with Crippen molar-refractivity contribution < 1.29 is 9.50 Å². The Labute approximate surface area is 101 Å². The Morgan fingerprint density at radius 1 is 1.47 bits per heavy atom. The van der Waals surface area contributed by atoms with Crippen LogP contribution in [0.1, 0.15) is 12.0 Å². The van der Waals surface area contributed by atoms with E-state index in [1.54, 1.807) is 6.07 Å². The van der Waals surface area contributed by atoms with Gasteiger partial charge in [0.25, 0.3) is 0 Å². The molecule has 2 rings (SSSR count). The van der Waals surface area contributed by atoms with Crippen LogP contribution in [0, 0.1) is 11.7 Å². The summed E-state index contributed by atoms with van der Waals surface area (Å²) >= 11 is 0. The number of halogens is 1. The van der Waals surface area contributed by atoms with Gasteiger partial charge in [-0.2, -0.15) is 0 Å². The van der Waals surface area contributed by atoms with Crippen LogP contribution >= 0.6 is 0 Å². The summed E-state index contributed by atoms with van der Waals surface area (Å²) in [6, 6.07) is 6.58. The summed E-state index contributed by atoms with van der Waals surface area (Å²) in [7, 11) is 0. The Kier molecular flexibility index (Phi) is 4.29. The van der Waals surface area contributed by atoms with E-state index in [9.17, 15) is 4.39 Å². The molecule has 1 aromatic rings. The molecule has 92 valence electrons. The van der Waals surface area contributed by atoms with Crippen molar-refractivity contribution in [1.29, 1.82) is 0 Å². The topological polar surface area (TPSA) is 23.5 Å². The quantitative estimate of drug-likeness (QED) is 0.864. The molecule has 0 saturated carbocycles. The minimum atomic E-state index is -0.200. The first-order valence-electron chi connectivity index (χ1n) is 6.03. The highest BCUT2D eigenvalue weighted by molar-refractivity contribution is 5.49. The molecule has 1 aliphatic rings. The van der Waals surface area contributed by atoms with Gasteiger partial charge in [-0.3, -0.25) is 4.90 Å². The van der Waals surface area contributed by atoms with Crippen LogP contribution in [0.4, 0.5) is 4.39 Å². The second-order valence-electron chi connectivity index (χ2n) is 4.55. The lowest BCUT2D eigenvalue weighted by molar-refractivity contribution is 0.225. The number of aliphatic hydroxyl groups is 1. The number of hydrogen-bond acceptors (Lipinski definition) is 2. The third kappa shape index (κ3) is 3.65. The van der Waals surface area contributed by atoms with Crippen molar-refractivity contribution in [3.63, 3.8) is 0 Å². The Bertz CT molecular complexity index is 392. The predicted molar refractivity (Wildman–Crippen MR) is 67.1 cm³/mol. The fourth-order valence-corrected chi connectivity index (χ4v) is 2.18. The van der Waals surface area contributed by atoms with Gasteiger partial charge in [-0.05, 0) is 36.6 Å². The van der Waals surface area contributed by atoms with Gasteiger partial charge in [0.15, 0.2) is 0 Å². The van der Waals surface area contributed by atoms with E-state index < -0.39 is 0 Å². The van der Waals surface area contributed by atoms with Crippen LogP contribution in [0.25, 0.3) is 6.08 Å². The maximum Gasteiger partial charge on any atom is 0.123 e. The maximum atomic E-state index is 12.9. The zero-order valence-electron chi connectivity index (χ0n) is 9.85. The summed E-state index contributed by atoms with van der Waals surface area (Å²) in [5.41, 5.74) is 0.892. The van der Waals surface area contributed by atoms with E-state index >= 15 is 0 Å². The minimum Gasteiger partial charge on any atom is -0.396 e. The van der Waals surface area contributed by atoms with Crippen LogP contribution in [0.3, 0.4) is 0 Å². The van der Waals surface area contributed by atoms with Crippen LogP contribution in [0.15, 0.2) is 30.3 Å². The number of likely N-dealkylation sites (tertiary alicyclic amines) is 1. The van der Waals surface area contributed by atoms with Crippen molar-refractivity contribution in [2.24, 2.45) is 5.92 Å². The smallest absolute Gasteiger partial charge is 0.123 e. The Morgan fingerprint density at radius 2 is 2.35 bits per heavy atom. The zero-order chi connectivity index (χ0) is 12.1. The third-order valence-corrected chi connectivity index (χ3v) is 3.15. The average molecular weight is 235 g/mol. The van der Waals surface area contributed by atoms with Crippen LogP contribution in [0.2, 0.25) is 0 Å². The highest BCUT2D eigenvalue weighted by Crippen LogP contribution is 2.15. The highest BCUT2D eigenvalue weighted by atomic mass is 19.1. The van der Waals surface area contributed by atoms with Crippen molar-refractivity contribution in [1.82, 2.24) is 4.90 Å². The molecule has 3 heteroatoms. The van der Waals surface area contributed by atoms with E-state index in [-0.39, 0.29) is 12.4 Å². The highest BCUT2D eigenvalue weighted by Gasteiger charge is 2.20. The summed E-state index contributed by atoms with van der Waals surface area (Å²) < 4.78 is 12.9. The van der Waals surface area contributed by atoms with Gasteiger partial charge in [0.05, 0.1) is 0 Å². The van der Waals surface area contributed by atoms with E-state index in [4.69, 9.17) is 5.11 Å². The Balaban J connectivity index is 1.82. The molecule has 1 heterocycles. The lowest BCUT2D eigenvalue weighted by Crippen LogP contribution is -2.21. The van der Waals surface area contributed by atoms with Crippen LogP contribution in [-0.2, 0) is 0 Å². The number of aliphatic hydroxyl groups excluding tert-OH is 1. The van der Waals surface area contributed by atoms with E-state index in [1.807, 2.05) is 12.1 Å². The van der Waals surface area contributed by atoms with Crippen LogP contribution < -0.4 is 0 Å². The summed E-state index contributed by atoms with van der Waals surface area (Å²) in [5.74, 6) is 0.228. The molecule has 1 aromatic carbocycles. The molecule has 0 aliphatic carbocycles. The zero-order valence-corrected chi connectivity index (χ0v) is 9.85. The summed E-state index contributed by atoms with van der Waals surface area (Å²) in [4.78, 5) is 2.30. The lowest BCUT2D eigenvalue weighted by atomic mass is 10.1. The molecule has 0 bridgehead atoms. The largest absolute Gasteiger partial charge is 0.396 e. The maximum absolute atomic E-state index is 12.9. The van der Waals surface area contributed by atoms with Crippen molar-refractivity contribution >= 4 is 6.08 Å². The first-order valence-corrected chi connectivity index (χ1v) is 6.03. The monoisotopic (exact) mass is 235 g/mol. The average Bonchev–Trinajstić information content (AvgIpc) is 2.77. The van der Waals surface area contributed by atoms with Crippen molar-refractivity contribution in [3.05, 3.63) is 41.7 Å². The van der Waals surface area contributed by atoms with Gasteiger partial charge in [0.2, 0.25) is 0 Å². The SMILES string of the molecule is OC[C@@H]1CCN(C/C=C\c2cccc(F)c2)C1. The van der Waals surface area contributed by atoms with Crippen molar-refractivity contribution in [3.8, 4) is 0 Å². The lowest BCUT2D eigenvalue weighted by Gasteiger charge is -2.12. The fourth-order valence-electron chi connectivity index (χ4n) is 2.18. The summed E-state index contributed by atoms with van der Waals surface area (Å²) in [6.07, 6.45) is 5.06. The van der Waals surface area contributed by atoms with Crippen molar-refractivity contribution in [2.75, 3.05) is 26.2 Å². The predicted octanol–water partition coefficient (Wildman–Crippen LogP) is 2.15. The van der Waals surface area contributed by atoms with Gasteiger partial charge >= 0.3 is 0 Å². The Morgan fingerprint density at radius 3 is 3.06 bits per heavy atom. The molecule has 0 amide bonds. The molecule has 1 N–H and O–H groups in total. The molecule has 1 atom stereocenters. The standard InChI is InChI=1S/C14H18FNO/c15-14-5-1-3-12(9-14)4-2-7-16-8-6-13(10-16)11-17/h1-5,9,13,17H,6-8,10-11H2/b4-2-/t13-/m1/s1. The Hall–Kier alpha value is -1.19. The molecule has 0 radical (unpaired) electrons. The van der Waals surface area contributed by atoms with Gasteiger partial charge in [0.1, 0.15) is 5.82 Å². The van der Waals surface area contributed by atoms with Gasteiger partial charge in [-0.15, -0.1) is 0 Å². The molecule has 1 aliphatic heterocycles. The first kappa shape index (κ1) is 12.3. The van der Waals surface area contributed by atoms with Gasteiger partial charge in [0, 0.05) is 19.7 Å². The summed E-state index contributed by atoms with van der Waals surface area (Å²) in [5, 5.41) is 9.03. The molecule has 0 unspecified atom stereocenters. The van der Waals surface area contributed by atoms with Gasteiger partial charge < -0.3 is 5.11 Å². The number of benzene rings is 1. The van der Waals surface area contributed by atoms with Crippen LogP contribution in [0.5, 0.6) is 0 Å². The molecule has 17 heavy (non-hydrogen) atoms. The third-order valence-electron chi connectivity index (χ3n) is 3.15.